The molecule has 28 heavy (non-hydrogen) atoms. The molecule has 7 heteroatoms. The van der Waals surface area contributed by atoms with E-state index in [0.717, 1.165) is 38.4 Å². The Bertz CT molecular complexity index is 707. The molecule has 0 saturated carbocycles. The van der Waals surface area contributed by atoms with Crippen LogP contribution in [-0.4, -0.2) is 72.2 Å². The number of hydrogen-bond donors (Lipinski definition) is 1. The quantitative estimate of drug-likeness (QED) is 0.863. The smallest absolute Gasteiger partial charge is 0.317 e. The largest absolute Gasteiger partial charge is 0.354 e. The van der Waals surface area contributed by atoms with Crippen LogP contribution in [0.15, 0.2) is 18.3 Å². The van der Waals surface area contributed by atoms with Crippen LogP contribution in [0.3, 0.4) is 0 Å². The number of likely N-dealkylation sites (tertiary alicyclic amines) is 1. The Labute approximate surface area is 168 Å². The van der Waals surface area contributed by atoms with Gasteiger partial charge < -0.3 is 15.1 Å². The Balaban J connectivity index is 1.53. The molecule has 1 N–H and O–H groups in total. The number of nitriles is 1. The molecule has 0 atom stereocenters. The van der Waals surface area contributed by atoms with Gasteiger partial charge in [0.25, 0.3) is 0 Å². The first kappa shape index (κ1) is 20.4. The van der Waals surface area contributed by atoms with Gasteiger partial charge >= 0.3 is 6.03 Å². The average molecular weight is 385 g/mol. The van der Waals surface area contributed by atoms with Gasteiger partial charge in [-0.3, -0.25) is 4.90 Å². The van der Waals surface area contributed by atoms with Gasteiger partial charge in [0.15, 0.2) is 0 Å². The van der Waals surface area contributed by atoms with Crippen molar-refractivity contribution >= 4 is 11.8 Å². The second-order valence-electron chi connectivity index (χ2n) is 8.33. The highest BCUT2D eigenvalue weighted by atomic mass is 16.2. The highest BCUT2D eigenvalue weighted by Crippen LogP contribution is 2.20. The number of carbonyl (C=O) groups excluding carboxylic acids is 1. The summed E-state index contributed by atoms with van der Waals surface area (Å²) in [6.45, 7) is 10.2. The molecule has 3 rings (SSSR count). The molecule has 2 amide bonds. The van der Waals surface area contributed by atoms with Gasteiger partial charge in [0.1, 0.15) is 11.9 Å². The van der Waals surface area contributed by atoms with Gasteiger partial charge in [0.05, 0.1) is 5.56 Å². The predicted molar refractivity (Wildman–Crippen MR) is 110 cm³/mol. The Morgan fingerprint density at radius 3 is 2.68 bits per heavy atom. The van der Waals surface area contributed by atoms with Gasteiger partial charge in [-0.2, -0.15) is 5.26 Å². The van der Waals surface area contributed by atoms with Crippen LogP contribution in [0.4, 0.5) is 10.6 Å². The lowest BCUT2D eigenvalue weighted by Crippen LogP contribution is -2.55. The van der Waals surface area contributed by atoms with Gasteiger partial charge in [-0.05, 0) is 58.3 Å². The van der Waals surface area contributed by atoms with Crippen molar-refractivity contribution in [3.05, 3.63) is 23.9 Å². The Morgan fingerprint density at radius 2 is 1.93 bits per heavy atom. The number of anilines is 1. The summed E-state index contributed by atoms with van der Waals surface area (Å²) in [5, 5.41) is 12.5. The highest BCUT2D eigenvalue weighted by Gasteiger charge is 2.29. The first-order valence-corrected chi connectivity index (χ1v) is 10.4. The van der Waals surface area contributed by atoms with Gasteiger partial charge in [-0.25, -0.2) is 9.78 Å². The summed E-state index contributed by atoms with van der Waals surface area (Å²) in [4.78, 5) is 23.6. The second-order valence-corrected chi connectivity index (χ2v) is 8.33. The maximum atomic E-state index is 12.8. The third kappa shape index (κ3) is 4.93. The summed E-state index contributed by atoms with van der Waals surface area (Å²) in [5.41, 5.74) is 0.563. The fourth-order valence-corrected chi connectivity index (χ4v) is 4.08. The number of amides is 2. The maximum Gasteiger partial charge on any atom is 0.317 e. The molecule has 0 unspecified atom stereocenters. The van der Waals surface area contributed by atoms with Crippen LogP contribution in [0.1, 0.15) is 45.1 Å². The number of piperidine rings is 1. The Kier molecular flexibility index (Phi) is 6.74. The van der Waals surface area contributed by atoms with E-state index in [1.54, 1.807) is 18.3 Å². The Morgan fingerprint density at radius 1 is 1.14 bits per heavy atom. The van der Waals surface area contributed by atoms with E-state index in [9.17, 15) is 10.1 Å². The summed E-state index contributed by atoms with van der Waals surface area (Å²) >= 11 is 0. The molecule has 0 spiro atoms. The van der Waals surface area contributed by atoms with Crippen LogP contribution >= 0.6 is 0 Å². The molecule has 152 valence electrons. The first-order valence-electron chi connectivity index (χ1n) is 10.4. The molecule has 0 bridgehead atoms. The van der Waals surface area contributed by atoms with E-state index in [2.05, 4.69) is 40.0 Å². The van der Waals surface area contributed by atoms with Crippen LogP contribution in [0, 0.1) is 11.3 Å². The minimum Gasteiger partial charge on any atom is -0.354 e. The number of rotatable bonds is 4. The summed E-state index contributed by atoms with van der Waals surface area (Å²) < 4.78 is 0. The molecule has 0 radical (unpaired) electrons. The molecule has 1 aromatic heterocycles. The molecule has 7 nitrogen and oxygen atoms in total. The summed E-state index contributed by atoms with van der Waals surface area (Å²) in [7, 11) is 0. The Hall–Kier alpha value is -2.33. The highest BCUT2D eigenvalue weighted by molar-refractivity contribution is 5.74. The van der Waals surface area contributed by atoms with Crippen molar-refractivity contribution in [2.45, 2.75) is 45.1 Å². The fraction of sp³-hybridized carbons (Fsp3) is 0.667. The van der Waals surface area contributed by atoms with Crippen molar-refractivity contribution in [3.63, 3.8) is 0 Å². The minimum absolute atomic E-state index is 0.00784. The summed E-state index contributed by atoms with van der Waals surface area (Å²) in [5.74, 6) is 0.721. The van der Waals surface area contributed by atoms with Crippen LogP contribution in [0.5, 0.6) is 0 Å². The number of urea groups is 1. The predicted octanol–water partition coefficient (Wildman–Crippen LogP) is 2.44. The number of aromatic nitrogens is 1. The van der Waals surface area contributed by atoms with Crippen LogP contribution in [0.2, 0.25) is 0 Å². The molecule has 0 aliphatic carbocycles. The van der Waals surface area contributed by atoms with Crippen LogP contribution in [0.25, 0.3) is 0 Å². The lowest BCUT2D eigenvalue weighted by molar-refractivity contribution is 0.0940. The third-order valence-electron chi connectivity index (χ3n) is 5.87. The average Bonchev–Trinajstić information content (AvgIpc) is 2.99. The zero-order chi connectivity index (χ0) is 20.0. The van der Waals surface area contributed by atoms with Gasteiger partial charge in [0, 0.05) is 44.5 Å². The molecule has 2 fully saturated rings. The molecular formula is C21H32N6O. The van der Waals surface area contributed by atoms with E-state index in [1.807, 2.05) is 4.90 Å². The monoisotopic (exact) mass is 384 g/mol. The zero-order valence-electron chi connectivity index (χ0n) is 17.2. The second kappa shape index (κ2) is 9.24. The van der Waals surface area contributed by atoms with Crippen LogP contribution < -0.4 is 10.2 Å². The fourth-order valence-electron chi connectivity index (χ4n) is 4.08. The number of nitrogens with zero attached hydrogens (tertiary/aromatic N) is 5. The van der Waals surface area contributed by atoms with E-state index >= 15 is 0 Å². The lowest BCUT2D eigenvalue weighted by Gasteiger charge is -2.41. The van der Waals surface area contributed by atoms with Crippen molar-refractivity contribution in [3.8, 4) is 6.07 Å². The zero-order valence-corrected chi connectivity index (χ0v) is 17.2. The molecule has 2 aliphatic heterocycles. The first-order chi connectivity index (χ1) is 13.5. The minimum atomic E-state index is -0.0242. The van der Waals surface area contributed by atoms with E-state index in [-0.39, 0.29) is 11.6 Å². The van der Waals surface area contributed by atoms with E-state index in [4.69, 9.17) is 0 Å². The number of nitrogens with one attached hydrogen (secondary N) is 1. The topological polar surface area (TPSA) is 75.5 Å². The standard InChI is InChI=1S/C21H32N6O/c1-21(2,27-12-4-3-5-13-27)17-24-20(28)26-11-7-10-25(14-15-26)19-18(16-22)8-6-9-23-19/h6,8-9H,3-5,7,10-15,17H2,1-2H3,(H,24,28). The molecule has 0 aromatic carbocycles. The van der Waals surface area contributed by atoms with Crippen LogP contribution in [-0.2, 0) is 0 Å². The van der Waals surface area contributed by atoms with Gasteiger partial charge in [0.2, 0.25) is 0 Å². The number of pyridine rings is 1. The molecule has 2 aliphatic rings. The van der Waals surface area contributed by atoms with E-state index in [0.29, 0.717) is 25.2 Å². The number of carbonyl (C=O) groups is 1. The van der Waals surface area contributed by atoms with Crippen molar-refractivity contribution in [1.29, 1.82) is 5.26 Å². The van der Waals surface area contributed by atoms with Crippen molar-refractivity contribution < 1.29 is 4.79 Å². The van der Waals surface area contributed by atoms with Crippen molar-refractivity contribution in [2.24, 2.45) is 0 Å². The SMILES string of the molecule is CC(C)(CNC(=O)N1CCCN(c2ncccc2C#N)CC1)N1CCCCC1. The van der Waals surface area contributed by atoms with E-state index in [1.165, 1.54) is 19.3 Å². The van der Waals surface area contributed by atoms with Crippen molar-refractivity contribution in [1.82, 2.24) is 20.1 Å². The van der Waals surface area contributed by atoms with E-state index < -0.39 is 0 Å². The van der Waals surface area contributed by atoms with Gasteiger partial charge in [-0.15, -0.1) is 0 Å². The molecule has 1 aromatic rings. The third-order valence-corrected chi connectivity index (χ3v) is 5.87. The lowest BCUT2D eigenvalue weighted by atomic mass is 9.98. The maximum absolute atomic E-state index is 12.8. The normalized spacial score (nSPS) is 19.0. The number of hydrogen-bond acceptors (Lipinski definition) is 5. The molecular weight excluding hydrogens is 352 g/mol. The summed E-state index contributed by atoms with van der Waals surface area (Å²) in [6, 6.07) is 5.79. The van der Waals surface area contributed by atoms with Crippen molar-refractivity contribution in [2.75, 3.05) is 50.7 Å². The molecule has 3 heterocycles. The molecule has 2 saturated heterocycles. The summed E-state index contributed by atoms with van der Waals surface area (Å²) in [6.07, 6.45) is 6.39. The van der Waals surface area contributed by atoms with Gasteiger partial charge in [-0.1, -0.05) is 6.42 Å².